The van der Waals surface area contributed by atoms with Gasteiger partial charge < -0.3 is 9.47 Å². The Balaban J connectivity index is 2.11. The molecule has 1 atom stereocenters. The summed E-state index contributed by atoms with van der Waals surface area (Å²) in [5, 5.41) is 3.28. The number of hydrogen-bond donors (Lipinski definition) is 1. The number of carbonyl (C=O) groups is 1. The second-order valence-electron chi connectivity index (χ2n) is 5.48. The van der Waals surface area contributed by atoms with Crippen LogP contribution in [0.5, 0.6) is 5.75 Å². The summed E-state index contributed by atoms with van der Waals surface area (Å²) in [7, 11) is 1.29. The van der Waals surface area contributed by atoms with E-state index < -0.39 is 17.3 Å². The van der Waals surface area contributed by atoms with Gasteiger partial charge in [-0.25, -0.2) is 9.18 Å². The number of benzene rings is 2. The number of methoxy groups -OCH3 is 1. The number of halogens is 2. The van der Waals surface area contributed by atoms with Crippen molar-refractivity contribution in [3.8, 4) is 5.75 Å². The summed E-state index contributed by atoms with van der Waals surface area (Å²) in [6, 6.07) is 13.5. The standard InChI is InChI=1S/C18H19ClFNO3/c1-18(17(22)23-2,12-24-13-7-4-3-5-8-13)21-11-14-15(19)9-6-10-16(14)20/h3-10,21H,11-12H2,1-2H3. The van der Waals surface area contributed by atoms with E-state index in [1.165, 1.54) is 19.2 Å². The van der Waals surface area contributed by atoms with E-state index in [0.717, 1.165) is 0 Å². The third-order valence-electron chi connectivity index (χ3n) is 3.62. The van der Waals surface area contributed by atoms with Crippen molar-refractivity contribution in [3.05, 3.63) is 64.9 Å². The van der Waals surface area contributed by atoms with Crippen molar-refractivity contribution >= 4 is 17.6 Å². The molecule has 0 aromatic heterocycles. The van der Waals surface area contributed by atoms with Crippen LogP contribution in [-0.4, -0.2) is 25.2 Å². The molecule has 0 saturated carbocycles. The van der Waals surface area contributed by atoms with Crippen molar-refractivity contribution in [3.63, 3.8) is 0 Å². The van der Waals surface area contributed by atoms with Gasteiger partial charge in [-0.05, 0) is 31.2 Å². The monoisotopic (exact) mass is 351 g/mol. The van der Waals surface area contributed by atoms with Crippen molar-refractivity contribution in [1.29, 1.82) is 0 Å². The minimum Gasteiger partial charge on any atom is -0.491 e. The molecule has 4 nitrogen and oxygen atoms in total. The van der Waals surface area contributed by atoms with E-state index >= 15 is 0 Å². The average molecular weight is 352 g/mol. The van der Waals surface area contributed by atoms with E-state index in [-0.39, 0.29) is 18.7 Å². The molecule has 6 heteroatoms. The fraction of sp³-hybridized carbons (Fsp3) is 0.278. The molecule has 2 rings (SSSR count). The molecule has 0 aliphatic rings. The average Bonchev–Trinajstić information content (AvgIpc) is 2.59. The van der Waals surface area contributed by atoms with Gasteiger partial charge in [0.15, 0.2) is 0 Å². The second-order valence-corrected chi connectivity index (χ2v) is 5.89. The maximum atomic E-state index is 13.9. The lowest BCUT2D eigenvalue weighted by atomic mass is 10.0. The van der Waals surface area contributed by atoms with E-state index in [4.69, 9.17) is 21.1 Å². The molecular formula is C18H19ClFNO3. The highest BCUT2D eigenvalue weighted by molar-refractivity contribution is 6.31. The van der Waals surface area contributed by atoms with E-state index in [0.29, 0.717) is 10.8 Å². The lowest BCUT2D eigenvalue weighted by molar-refractivity contribution is -0.149. The molecule has 1 N–H and O–H groups in total. The maximum Gasteiger partial charge on any atom is 0.329 e. The minimum absolute atomic E-state index is 0.0236. The first-order valence-corrected chi connectivity index (χ1v) is 7.78. The summed E-state index contributed by atoms with van der Waals surface area (Å²) in [5.74, 6) is -0.324. The van der Waals surface area contributed by atoms with Crippen LogP contribution in [-0.2, 0) is 16.1 Å². The maximum absolute atomic E-state index is 13.9. The molecule has 0 aliphatic heterocycles. The molecule has 2 aromatic rings. The SMILES string of the molecule is COC(=O)C(C)(COc1ccccc1)NCc1c(F)cccc1Cl. The lowest BCUT2D eigenvalue weighted by Crippen LogP contribution is -2.54. The Morgan fingerprint density at radius 2 is 1.92 bits per heavy atom. The fourth-order valence-electron chi connectivity index (χ4n) is 2.14. The molecule has 0 fully saturated rings. The summed E-state index contributed by atoms with van der Waals surface area (Å²) in [6.07, 6.45) is 0. The predicted molar refractivity (Wildman–Crippen MR) is 90.6 cm³/mol. The first kappa shape index (κ1) is 18.2. The highest BCUT2D eigenvalue weighted by Gasteiger charge is 2.35. The third kappa shape index (κ3) is 4.46. The smallest absolute Gasteiger partial charge is 0.329 e. The first-order chi connectivity index (χ1) is 11.5. The van der Waals surface area contributed by atoms with Crippen LogP contribution in [0.1, 0.15) is 12.5 Å². The number of carbonyl (C=O) groups excluding carboxylic acids is 1. The van der Waals surface area contributed by atoms with Gasteiger partial charge in [-0.15, -0.1) is 0 Å². The van der Waals surface area contributed by atoms with Crippen LogP contribution in [0, 0.1) is 5.82 Å². The zero-order chi connectivity index (χ0) is 17.6. The molecule has 0 aliphatic carbocycles. The molecule has 2 aromatic carbocycles. The zero-order valence-corrected chi connectivity index (χ0v) is 14.3. The number of ether oxygens (including phenoxy) is 2. The quantitative estimate of drug-likeness (QED) is 0.775. The van der Waals surface area contributed by atoms with Crippen LogP contribution in [0.25, 0.3) is 0 Å². The van der Waals surface area contributed by atoms with Crippen LogP contribution < -0.4 is 10.1 Å². The Bertz CT molecular complexity index is 676. The minimum atomic E-state index is -1.16. The summed E-state index contributed by atoms with van der Waals surface area (Å²) >= 11 is 6.02. The lowest BCUT2D eigenvalue weighted by Gasteiger charge is -2.28. The van der Waals surface area contributed by atoms with Crippen LogP contribution in [0.2, 0.25) is 5.02 Å². The van der Waals surface area contributed by atoms with Crippen LogP contribution in [0.3, 0.4) is 0 Å². The molecule has 0 spiro atoms. The molecule has 24 heavy (non-hydrogen) atoms. The van der Waals surface area contributed by atoms with E-state index in [1.54, 1.807) is 25.1 Å². The number of esters is 1. The predicted octanol–water partition coefficient (Wildman–Crippen LogP) is 3.58. The second kappa shape index (κ2) is 8.13. The van der Waals surface area contributed by atoms with Crippen molar-refractivity contribution in [2.24, 2.45) is 0 Å². The first-order valence-electron chi connectivity index (χ1n) is 7.40. The molecule has 0 amide bonds. The molecular weight excluding hydrogens is 333 g/mol. The zero-order valence-electron chi connectivity index (χ0n) is 13.5. The Morgan fingerprint density at radius 1 is 1.21 bits per heavy atom. The van der Waals surface area contributed by atoms with Gasteiger partial charge >= 0.3 is 5.97 Å². The van der Waals surface area contributed by atoms with Gasteiger partial charge in [0, 0.05) is 17.1 Å². The van der Waals surface area contributed by atoms with Gasteiger partial charge in [-0.2, -0.15) is 0 Å². The van der Waals surface area contributed by atoms with Crippen molar-refractivity contribution in [1.82, 2.24) is 5.32 Å². The number of nitrogens with one attached hydrogen (secondary N) is 1. The summed E-state index contributed by atoms with van der Waals surface area (Å²) in [4.78, 5) is 12.2. The van der Waals surface area contributed by atoms with E-state index in [9.17, 15) is 9.18 Å². The van der Waals surface area contributed by atoms with Gasteiger partial charge in [-0.3, -0.25) is 5.32 Å². The van der Waals surface area contributed by atoms with Crippen molar-refractivity contribution in [2.45, 2.75) is 19.0 Å². The number of hydrogen-bond acceptors (Lipinski definition) is 4. The highest BCUT2D eigenvalue weighted by Crippen LogP contribution is 2.20. The third-order valence-corrected chi connectivity index (χ3v) is 3.98. The van der Waals surface area contributed by atoms with Gasteiger partial charge in [0.2, 0.25) is 0 Å². The summed E-state index contributed by atoms with van der Waals surface area (Å²) in [6.45, 7) is 1.72. The van der Waals surface area contributed by atoms with Gasteiger partial charge in [0.25, 0.3) is 0 Å². The fourth-order valence-corrected chi connectivity index (χ4v) is 2.37. The normalized spacial score (nSPS) is 13.2. The molecule has 1 unspecified atom stereocenters. The summed E-state index contributed by atoms with van der Waals surface area (Å²) < 4.78 is 24.4. The molecule has 0 saturated heterocycles. The Hall–Kier alpha value is -2.11. The van der Waals surface area contributed by atoms with Crippen LogP contribution >= 0.6 is 11.6 Å². The number of rotatable bonds is 7. The van der Waals surface area contributed by atoms with E-state index in [1.807, 2.05) is 18.2 Å². The molecule has 128 valence electrons. The Morgan fingerprint density at radius 3 is 2.54 bits per heavy atom. The topological polar surface area (TPSA) is 47.6 Å². The summed E-state index contributed by atoms with van der Waals surface area (Å²) in [5.41, 5.74) is -0.870. The van der Waals surface area contributed by atoms with Crippen LogP contribution in [0.15, 0.2) is 48.5 Å². The van der Waals surface area contributed by atoms with Crippen molar-refractivity contribution in [2.75, 3.05) is 13.7 Å². The molecule has 0 heterocycles. The Kier molecular flexibility index (Phi) is 6.17. The largest absolute Gasteiger partial charge is 0.491 e. The number of para-hydroxylation sites is 1. The van der Waals surface area contributed by atoms with E-state index in [2.05, 4.69) is 5.32 Å². The highest BCUT2D eigenvalue weighted by atomic mass is 35.5. The Labute approximate surface area is 145 Å². The molecule has 0 bridgehead atoms. The van der Waals surface area contributed by atoms with Gasteiger partial charge in [0.05, 0.1) is 7.11 Å². The van der Waals surface area contributed by atoms with Gasteiger partial charge in [-0.1, -0.05) is 35.9 Å². The van der Waals surface area contributed by atoms with Crippen LogP contribution in [0.4, 0.5) is 4.39 Å². The molecule has 0 radical (unpaired) electrons. The van der Waals surface area contributed by atoms with Crippen molar-refractivity contribution < 1.29 is 18.7 Å². The van der Waals surface area contributed by atoms with Gasteiger partial charge in [0.1, 0.15) is 23.7 Å².